The maximum atomic E-state index is 11.5. The molecule has 0 aromatic carbocycles. The van der Waals surface area contributed by atoms with Gasteiger partial charge in [0.1, 0.15) is 5.69 Å². The molecule has 0 fully saturated rings. The number of hydrogen-bond acceptors (Lipinski definition) is 3. The lowest BCUT2D eigenvalue weighted by molar-refractivity contribution is -0.118. The van der Waals surface area contributed by atoms with E-state index in [2.05, 4.69) is 10.3 Å². The van der Waals surface area contributed by atoms with E-state index >= 15 is 0 Å². The van der Waals surface area contributed by atoms with Crippen LogP contribution in [0.4, 0.5) is 0 Å². The number of halogens is 1. The number of nitrogens with one attached hydrogen (secondary N) is 1. The fourth-order valence-corrected chi connectivity index (χ4v) is 1.06. The maximum absolute atomic E-state index is 11.5. The Morgan fingerprint density at radius 1 is 1.53 bits per heavy atom. The van der Waals surface area contributed by atoms with Crippen LogP contribution in [0.15, 0.2) is 18.3 Å². The summed E-state index contributed by atoms with van der Waals surface area (Å²) in [5.74, 6) is -0.509. The number of nitrogens with zero attached hydrogens (tertiary/aromatic N) is 1. The highest BCUT2D eigenvalue weighted by atomic mass is 35.5. The van der Waals surface area contributed by atoms with Gasteiger partial charge in [-0.2, -0.15) is 0 Å². The lowest BCUT2D eigenvalue weighted by Gasteiger charge is -2.09. The van der Waals surface area contributed by atoms with E-state index < -0.39 is 11.9 Å². The van der Waals surface area contributed by atoms with E-state index in [4.69, 9.17) is 11.6 Å². The number of amides is 1. The molecule has 0 aliphatic rings. The summed E-state index contributed by atoms with van der Waals surface area (Å²) in [6, 6.07) is 2.51. The lowest BCUT2D eigenvalue weighted by Crippen LogP contribution is -2.37. The van der Waals surface area contributed by atoms with Crippen molar-refractivity contribution in [2.45, 2.75) is 19.9 Å². The molecule has 1 aromatic heterocycles. The average Bonchev–Trinajstić information content (AvgIpc) is 2.17. The highest BCUT2D eigenvalue weighted by Crippen LogP contribution is 2.07. The van der Waals surface area contributed by atoms with Crippen LogP contribution in [-0.4, -0.2) is 22.7 Å². The Morgan fingerprint density at radius 3 is 2.73 bits per heavy atom. The van der Waals surface area contributed by atoms with Crippen LogP contribution in [0.3, 0.4) is 0 Å². The van der Waals surface area contributed by atoms with E-state index in [1.807, 2.05) is 0 Å². The quantitative estimate of drug-likeness (QED) is 0.849. The third-order valence-corrected chi connectivity index (χ3v) is 2.15. The molecule has 1 aromatic rings. The Balaban J connectivity index is 2.73. The summed E-state index contributed by atoms with van der Waals surface area (Å²) >= 11 is 5.70. The van der Waals surface area contributed by atoms with Gasteiger partial charge >= 0.3 is 0 Å². The normalized spacial score (nSPS) is 11.9. The number of Topliss-reactive ketones (excluding diaryl/α,β-unsaturated/α-hetero) is 1. The van der Waals surface area contributed by atoms with Gasteiger partial charge in [0.25, 0.3) is 5.91 Å². The minimum absolute atomic E-state index is 0.106. The van der Waals surface area contributed by atoms with Gasteiger partial charge in [-0.15, -0.1) is 0 Å². The van der Waals surface area contributed by atoms with E-state index in [0.717, 1.165) is 0 Å². The standard InChI is InChI=1S/C10H11ClN2O2/c1-6(7(2)14)13-10(15)9-5-8(11)3-4-12-9/h3-6H,1-2H3,(H,13,15). The molecule has 15 heavy (non-hydrogen) atoms. The zero-order chi connectivity index (χ0) is 11.4. The number of rotatable bonds is 3. The largest absolute Gasteiger partial charge is 0.341 e. The smallest absolute Gasteiger partial charge is 0.270 e. The Labute approximate surface area is 92.7 Å². The molecule has 0 spiro atoms. The monoisotopic (exact) mass is 226 g/mol. The number of carbonyl (C=O) groups is 2. The third kappa shape index (κ3) is 3.32. The predicted octanol–water partition coefficient (Wildman–Crippen LogP) is 1.44. The molecule has 1 heterocycles. The van der Waals surface area contributed by atoms with Gasteiger partial charge in [0.2, 0.25) is 0 Å². The van der Waals surface area contributed by atoms with Gasteiger partial charge in [0.05, 0.1) is 6.04 Å². The van der Waals surface area contributed by atoms with Crippen LogP contribution in [0.2, 0.25) is 5.02 Å². The minimum atomic E-state index is -0.515. The van der Waals surface area contributed by atoms with E-state index in [-0.39, 0.29) is 11.5 Å². The molecule has 0 bridgehead atoms. The lowest BCUT2D eigenvalue weighted by atomic mass is 10.2. The van der Waals surface area contributed by atoms with Gasteiger partial charge in [0, 0.05) is 11.2 Å². The van der Waals surface area contributed by atoms with Crippen molar-refractivity contribution < 1.29 is 9.59 Å². The molecule has 1 rings (SSSR count). The number of ketones is 1. The van der Waals surface area contributed by atoms with Crippen molar-refractivity contribution in [3.63, 3.8) is 0 Å². The second-order valence-corrected chi connectivity index (χ2v) is 3.60. The van der Waals surface area contributed by atoms with Crippen LogP contribution in [0.1, 0.15) is 24.3 Å². The zero-order valence-electron chi connectivity index (χ0n) is 8.45. The van der Waals surface area contributed by atoms with Gasteiger partial charge in [0.15, 0.2) is 5.78 Å². The molecule has 80 valence electrons. The number of aromatic nitrogens is 1. The summed E-state index contributed by atoms with van der Waals surface area (Å²) in [5, 5.41) is 2.95. The topological polar surface area (TPSA) is 59.1 Å². The molecule has 0 saturated heterocycles. The predicted molar refractivity (Wildman–Crippen MR) is 56.9 cm³/mol. The molecule has 0 radical (unpaired) electrons. The summed E-state index contributed by atoms with van der Waals surface area (Å²) in [6.07, 6.45) is 1.44. The van der Waals surface area contributed by atoms with Crippen molar-refractivity contribution in [1.29, 1.82) is 0 Å². The van der Waals surface area contributed by atoms with Crippen LogP contribution >= 0.6 is 11.6 Å². The van der Waals surface area contributed by atoms with Gasteiger partial charge in [-0.1, -0.05) is 11.6 Å². The number of hydrogen-bond donors (Lipinski definition) is 1. The first-order valence-electron chi connectivity index (χ1n) is 4.43. The first kappa shape index (κ1) is 11.7. The summed E-state index contributed by atoms with van der Waals surface area (Å²) in [7, 11) is 0. The summed E-state index contributed by atoms with van der Waals surface area (Å²) in [4.78, 5) is 26.3. The summed E-state index contributed by atoms with van der Waals surface area (Å²) in [6.45, 7) is 3.03. The molecule has 4 nitrogen and oxygen atoms in total. The number of carbonyl (C=O) groups excluding carboxylic acids is 2. The molecule has 1 N–H and O–H groups in total. The van der Waals surface area contributed by atoms with Crippen LogP contribution in [0.25, 0.3) is 0 Å². The highest BCUT2D eigenvalue weighted by Gasteiger charge is 2.13. The minimum Gasteiger partial charge on any atom is -0.341 e. The average molecular weight is 227 g/mol. The second kappa shape index (κ2) is 4.89. The van der Waals surface area contributed by atoms with Crippen LogP contribution < -0.4 is 5.32 Å². The van der Waals surface area contributed by atoms with Crippen LogP contribution in [0, 0.1) is 0 Å². The Bertz CT molecular complexity index is 393. The van der Waals surface area contributed by atoms with Crippen molar-refractivity contribution in [2.24, 2.45) is 0 Å². The zero-order valence-corrected chi connectivity index (χ0v) is 9.21. The third-order valence-electron chi connectivity index (χ3n) is 1.91. The van der Waals surface area contributed by atoms with E-state index in [1.54, 1.807) is 13.0 Å². The molecular formula is C10H11ClN2O2. The Hall–Kier alpha value is -1.42. The van der Waals surface area contributed by atoms with Crippen LogP contribution in [0.5, 0.6) is 0 Å². The van der Waals surface area contributed by atoms with E-state index in [1.165, 1.54) is 19.2 Å². The molecule has 1 amide bonds. The van der Waals surface area contributed by atoms with Crippen molar-refractivity contribution >= 4 is 23.3 Å². The Kier molecular flexibility index (Phi) is 3.80. The molecule has 1 unspecified atom stereocenters. The van der Waals surface area contributed by atoms with Gasteiger partial charge in [-0.25, -0.2) is 0 Å². The van der Waals surface area contributed by atoms with Crippen LogP contribution in [-0.2, 0) is 4.79 Å². The molecule has 1 atom stereocenters. The molecule has 0 aliphatic heterocycles. The highest BCUT2D eigenvalue weighted by molar-refractivity contribution is 6.30. The fraction of sp³-hybridized carbons (Fsp3) is 0.300. The first-order valence-corrected chi connectivity index (χ1v) is 4.81. The summed E-state index contributed by atoms with van der Waals surface area (Å²) in [5.41, 5.74) is 0.204. The second-order valence-electron chi connectivity index (χ2n) is 3.17. The molecule has 0 saturated carbocycles. The van der Waals surface area contributed by atoms with Crippen molar-refractivity contribution in [2.75, 3.05) is 0 Å². The van der Waals surface area contributed by atoms with Gasteiger partial charge in [-0.05, 0) is 26.0 Å². The van der Waals surface area contributed by atoms with Crippen molar-refractivity contribution in [1.82, 2.24) is 10.3 Å². The van der Waals surface area contributed by atoms with E-state index in [0.29, 0.717) is 5.02 Å². The SMILES string of the molecule is CC(=O)C(C)NC(=O)c1cc(Cl)ccn1. The summed E-state index contributed by atoms with van der Waals surface area (Å²) < 4.78 is 0. The first-order chi connectivity index (χ1) is 7.00. The molecule has 0 aliphatic carbocycles. The maximum Gasteiger partial charge on any atom is 0.270 e. The fourth-order valence-electron chi connectivity index (χ4n) is 0.901. The molecular weight excluding hydrogens is 216 g/mol. The molecule has 5 heteroatoms. The van der Waals surface area contributed by atoms with Gasteiger partial charge in [-0.3, -0.25) is 14.6 Å². The van der Waals surface area contributed by atoms with E-state index in [9.17, 15) is 9.59 Å². The number of pyridine rings is 1. The van der Waals surface area contributed by atoms with Crippen molar-refractivity contribution in [3.05, 3.63) is 29.0 Å². The van der Waals surface area contributed by atoms with Crippen molar-refractivity contribution in [3.8, 4) is 0 Å². The van der Waals surface area contributed by atoms with Gasteiger partial charge < -0.3 is 5.32 Å². The Morgan fingerprint density at radius 2 is 2.20 bits per heavy atom.